The average Bonchev–Trinajstić information content (AvgIpc) is 3.35. The van der Waals surface area contributed by atoms with Crippen molar-refractivity contribution in [3.8, 4) is 5.75 Å². The zero-order chi connectivity index (χ0) is 20.0. The third kappa shape index (κ3) is 3.20. The maximum absolute atomic E-state index is 12.9. The van der Waals surface area contributed by atoms with E-state index in [-0.39, 0.29) is 24.1 Å². The lowest BCUT2D eigenvalue weighted by Gasteiger charge is -2.22. The number of rotatable bonds is 3. The van der Waals surface area contributed by atoms with E-state index in [1.807, 2.05) is 6.07 Å². The number of amides is 2. The molecule has 0 spiro atoms. The van der Waals surface area contributed by atoms with E-state index in [0.29, 0.717) is 33.7 Å². The summed E-state index contributed by atoms with van der Waals surface area (Å²) in [4.78, 5) is 43.7. The van der Waals surface area contributed by atoms with Crippen LogP contribution in [-0.2, 0) is 4.79 Å². The fourth-order valence-corrected chi connectivity index (χ4v) is 3.80. The number of H-pyrrole nitrogens is 2. The van der Waals surface area contributed by atoms with Gasteiger partial charge in [0, 0.05) is 18.7 Å². The van der Waals surface area contributed by atoms with Crippen LogP contribution < -0.4 is 26.0 Å². The quantitative estimate of drug-likeness (QED) is 0.543. The van der Waals surface area contributed by atoms with Gasteiger partial charge >= 0.3 is 5.69 Å². The van der Waals surface area contributed by atoms with Crippen LogP contribution in [0.15, 0.2) is 35.1 Å². The van der Waals surface area contributed by atoms with E-state index >= 15 is 0 Å². The Labute approximate surface area is 165 Å². The van der Waals surface area contributed by atoms with Crippen LogP contribution in [0.1, 0.15) is 23.2 Å². The molecule has 0 bridgehead atoms. The molecule has 1 fully saturated rings. The van der Waals surface area contributed by atoms with E-state index in [4.69, 9.17) is 4.74 Å². The van der Waals surface area contributed by atoms with E-state index in [1.54, 1.807) is 24.3 Å². The number of nitrogens with zero attached hydrogens (tertiary/aromatic N) is 1. The van der Waals surface area contributed by atoms with Gasteiger partial charge in [-0.3, -0.25) is 9.59 Å². The van der Waals surface area contributed by atoms with Crippen molar-refractivity contribution in [3.05, 3.63) is 46.4 Å². The number of carbonyl (C=O) groups is 2. The molecule has 0 unspecified atom stereocenters. The van der Waals surface area contributed by atoms with Crippen LogP contribution in [0.25, 0.3) is 11.0 Å². The molecular formula is C20H19N5O4. The van der Waals surface area contributed by atoms with Crippen molar-refractivity contribution >= 4 is 39.9 Å². The molecule has 9 nitrogen and oxygen atoms in total. The Morgan fingerprint density at radius 1 is 1.03 bits per heavy atom. The molecule has 0 saturated carbocycles. The number of aromatic nitrogens is 2. The molecule has 3 aromatic rings. The van der Waals surface area contributed by atoms with Crippen LogP contribution in [0.2, 0.25) is 0 Å². The van der Waals surface area contributed by atoms with Gasteiger partial charge in [0.1, 0.15) is 5.75 Å². The molecular weight excluding hydrogens is 374 g/mol. The monoisotopic (exact) mass is 393 g/mol. The second kappa shape index (κ2) is 6.69. The zero-order valence-electron chi connectivity index (χ0n) is 15.5. The summed E-state index contributed by atoms with van der Waals surface area (Å²) < 4.78 is 5.40. The number of hydrogen-bond donors (Lipinski definition) is 4. The van der Waals surface area contributed by atoms with Gasteiger partial charge in [-0.1, -0.05) is 0 Å². The molecule has 148 valence electrons. The molecule has 5 rings (SSSR count). The highest BCUT2D eigenvalue weighted by Gasteiger charge is 2.21. The molecule has 2 amide bonds. The smallest absolute Gasteiger partial charge is 0.323 e. The second-order valence-electron chi connectivity index (χ2n) is 7.19. The Balaban J connectivity index is 1.49. The summed E-state index contributed by atoms with van der Waals surface area (Å²) in [7, 11) is 0. The third-order valence-corrected chi connectivity index (χ3v) is 5.20. The lowest BCUT2D eigenvalue weighted by atomic mass is 10.1. The van der Waals surface area contributed by atoms with Crippen LogP contribution >= 0.6 is 0 Å². The first kappa shape index (κ1) is 17.4. The summed E-state index contributed by atoms with van der Waals surface area (Å²) >= 11 is 0. The average molecular weight is 393 g/mol. The van der Waals surface area contributed by atoms with Crippen molar-refractivity contribution < 1.29 is 14.3 Å². The van der Waals surface area contributed by atoms with Gasteiger partial charge in [0.2, 0.25) is 0 Å². The van der Waals surface area contributed by atoms with Gasteiger partial charge in [-0.05, 0) is 43.2 Å². The van der Waals surface area contributed by atoms with Gasteiger partial charge < -0.3 is 30.2 Å². The molecule has 0 aliphatic carbocycles. The number of benzene rings is 2. The fraction of sp³-hybridized carbons (Fsp3) is 0.250. The number of hydrogen-bond acceptors (Lipinski definition) is 5. The number of ether oxygens (including phenoxy) is 1. The Morgan fingerprint density at radius 3 is 2.59 bits per heavy atom. The summed E-state index contributed by atoms with van der Waals surface area (Å²) in [5.41, 5.74) is 3.51. The van der Waals surface area contributed by atoms with Crippen LogP contribution in [0, 0.1) is 0 Å². The van der Waals surface area contributed by atoms with Crippen molar-refractivity contribution in [2.75, 3.05) is 35.2 Å². The first-order chi connectivity index (χ1) is 14.1. The van der Waals surface area contributed by atoms with E-state index in [1.165, 1.54) is 0 Å². The third-order valence-electron chi connectivity index (χ3n) is 5.20. The first-order valence-corrected chi connectivity index (χ1v) is 9.46. The molecule has 4 N–H and O–H groups in total. The van der Waals surface area contributed by atoms with Crippen molar-refractivity contribution in [1.82, 2.24) is 9.97 Å². The summed E-state index contributed by atoms with van der Waals surface area (Å²) in [5.74, 6) is -0.0628. The largest absolute Gasteiger partial charge is 0.482 e. The molecule has 0 atom stereocenters. The maximum atomic E-state index is 12.9. The summed E-state index contributed by atoms with van der Waals surface area (Å²) in [6.45, 7) is 1.72. The maximum Gasteiger partial charge on any atom is 0.323 e. The van der Waals surface area contributed by atoms with Crippen LogP contribution in [0.4, 0.5) is 17.1 Å². The molecule has 29 heavy (non-hydrogen) atoms. The Hall–Kier alpha value is -3.75. The number of carbonyl (C=O) groups excluding carboxylic acids is 2. The van der Waals surface area contributed by atoms with E-state index < -0.39 is 0 Å². The van der Waals surface area contributed by atoms with Gasteiger partial charge in [0.25, 0.3) is 11.8 Å². The molecule has 1 aromatic heterocycles. The molecule has 2 aliphatic heterocycles. The topological polar surface area (TPSA) is 119 Å². The number of fused-ring (bicyclic) bond motifs is 2. The Bertz CT molecular complexity index is 1190. The van der Waals surface area contributed by atoms with Crippen molar-refractivity contribution in [1.29, 1.82) is 0 Å². The Morgan fingerprint density at radius 2 is 1.79 bits per heavy atom. The molecule has 9 heteroatoms. The number of imidazole rings is 1. The fourth-order valence-electron chi connectivity index (χ4n) is 3.80. The van der Waals surface area contributed by atoms with Crippen molar-refractivity contribution in [2.45, 2.75) is 12.8 Å². The highest BCUT2D eigenvalue weighted by Crippen LogP contribution is 2.33. The first-order valence-electron chi connectivity index (χ1n) is 9.46. The number of nitrogens with one attached hydrogen (secondary N) is 4. The van der Waals surface area contributed by atoms with Gasteiger partial charge in [-0.2, -0.15) is 0 Å². The number of aromatic amines is 2. The Kier molecular flexibility index (Phi) is 4.01. The normalized spacial score (nSPS) is 15.7. The minimum absolute atomic E-state index is 0.0747. The predicted molar refractivity (Wildman–Crippen MR) is 109 cm³/mol. The molecule has 2 aromatic carbocycles. The molecule has 0 radical (unpaired) electrons. The molecule has 2 aliphatic rings. The number of anilines is 3. The highest BCUT2D eigenvalue weighted by molar-refractivity contribution is 6.08. The van der Waals surface area contributed by atoms with Crippen molar-refractivity contribution in [3.63, 3.8) is 0 Å². The standard InChI is InChI=1S/C20H19N5O4/c26-18-10-29-17-7-11(3-4-12(17)21-18)19(27)22-15-8-13-14(24-20(28)23-13)9-16(15)25-5-1-2-6-25/h3-4,7-9H,1-2,5-6,10H2,(H,21,26)(H,22,27)(H2,23,24,28). The van der Waals surface area contributed by atoms with Crippen molar-refractivity contribution in [2.24, 2.45) is 0 Å². The minimum Gasteiger partial charge on any atom is -0.482 e. The van der Waals surface area contributed by atoms with Gasteiger partial charge in [0.15, 0.2) is 6.61 Å². The van der Waals surface area contributed by atoms with Gasteiger partial charge in [-0.15, -0.1) is 0 Å². The van der Waals surface area contributed by atoms with E-state index in [9.17, 15) is 14.4 Å². The van der Waals surface area contributed by atoms with Gasteiger partial charge in [-0.25, -0.2) is 4.79 Å². The zero-order valence-corrected chi connectivity index (χ0v) is 15.5. The minimum atomic E-state index is -0.300. The van der Waals surface area contributed by atoms with Crippen LogP contribution in [0.3, 0.4) is 0 Å². The summed E-state index contributed by atoms with van der Waals surface area (Å²) in [6, 6.07) is 8.55. The SMILES string of the molecule is O=C1COc2cc(C(=O)Nc3cc4[nH]c(=O)[nH]c4cc3N3CCCC3)ccc2N1. The lowest BCUT2D eigenvalue weighted by molar-refractivity contribution is -0.118. The predicted octanol–water partition coefficient (Wildman–Crippen LogP) is 2.04. The van der Waals surface area contributed by atoms with Crippen LogP contribution in [-0.4, -0.2) is 41.5 Å². The lowest BCUT2D eigenvalue weighted by Crippen LogP contribution is -2.26. The second-order valence-corrected chi connectivity index (χ2v) is 7.19. The summed E-state index contributed by atoms with van der Waals surface area (Å²) in [5, 5.41) is 5.67. The molecule has 3 heterocycles. The van der Waals surface area contributed by atoms with Crippen LogP contribution in [0.5, 0.6) is 5.75 Å². The van der Waals surface area contributed by atoms with E-state index in [0.717, 1.165) is 31.6 Å². The molecule has 1 saturated heterocycles. The van der Waals surface area contributed by atoms with Gasteiger partial charge in [0.05, 0.1) is 28.1 Å². The summed E-state index contributed by atoms with van der Waals surface area (Å²) in [6.07, 6.45) is 2.17. The van der Waals surface area contributed by atoms with E-state index in [2.05, 4.69) is 25.5 Å². The highest BCUT2D eigenvalue weighted by atomic mass is 16.5.